The molecule has 0 aromatic carbocycles. The van der Waals surface area contributed by atoms with Crippen LogP contribution in [0.4, 0.5) is 0 Å². The van der Waals surface area contributed by atoms with E-state index in [1.165, 1.54) is 51.4 Å². The molecule has 0 saturated heterocycles. The van der Waals surface area contributed by atoms with E-state index in [1.54, 1.807) is 5.57 Å². The van der Waals surface area contributed by atoms with Gasteiger partial charge in [-0.2, -0.15) is 0 Å². The van der Waals surface area contributed by atoms with Crippen LogP contribution in [-0.4, -0.2) is 82.7 Å². The molecule has 1 N–H and O–H groups in total. The maximum atomic E-state index is 12.7. The lowest BCUT2D eigenvalue weighted by atomic mass is 9.50. The molecule has 1 amide bonds. The number of carbonyl (C=O) groups excluding carboxylic acids is 2. The van der Waals surface area contributed by atoms with Crippen LogP contribution in [-0.2, 0) is 33.3 Å². The molecule has 0 aromatic heterocycles. The minimum atomic E-state index is -0.153. The van der Waals surface area contributed by atoms with E-state index in [0.717, 1.165) is 48.3 Å². The molecule has 2 unspecified atom stereocenters. The van der Waals surface area contributed by atoms with Gasteiger partial charge < -0.3 is 29.0 Å². The van der Waals surface area contributed by atoms with Crippen LogP contribution in [0.3, 0.4) is 0 Å². The predicted octanol–water partition coefficient (Wildman–Crippen LogP) is 7.76. The molecule has 3 saturated carbocycles. The molecule has 0 aliphatic heterocycles. The van der Waals surface area contributed by atoms with Crippen LogP contribution in [0, 0.1) is 52.8 Å². The number of amides is 1. The van der Waals surface area contributed by atoms with Crippen LogP contribution in [0.15, 0.2) is 11.6 Å². The molecule has 9 heteroatoms. The normalized spacial score (nSPS) is 31.4. The molecule has 49 heavy (non-hydrogen) atoms. The van der Waals surface area contributed by atoms with Crippen molar-refractivity contribution in [3.05, 3.63) is 11.6 Å². The van der Waals surface area contributed by atoms with E-state index in [1.807, 2.05) is 0 Å². The van der Waals surface area contributed by atoms with Crippen LogP contribution >= 0.6 is 15.9 Å². The number of hydrogen-bond donors (Lipinski definition) is 1. The highest BCUT2D eigenvalue weighted by molar-refractivity contribution is 9.09. The number of carbonyl (C=O) groups is 2. The first-order chi connectivity index (χ1) is 23.6. The average Bonchev–Trinajstić information content (AvgIpc) is 3.43. The van der Waals surface area contributed by atoms with Crippen molar-refractivity contribution in [3.8, 4) is 0 Å². The topological polar surface area (TPSA) is 92.3 Å². The number of nitrogens with one attached hydrogen (secondary N) is 1. The molecule has 282 valence electrons. The van der Waals surface area contributed by atoms with E-state index in [4.69, 9.17) is 23.7 Å². The zero-order chi connectivity index (χ0) is 35.2. The molecule has 0 heterocycles. The third-order valence-corrected chi connectivity index (χ3v) is 13.0. The second-order valence-electron chi connectivity index (χ2n) is 16.2. The Labute approximate surface area is 306 Å². The van der Waals surface area contributed by atoms with E-state index >= 15 is 0 Å². The van der Waals surface area contributed by atoms with Crippen LogP contribution in [0.5, 0.6) is 0 Å². The molecule has 0 spiro atoms. The molecular formula is C40H68BrNO7. The van der Waals surface area contributed by atoms with Crippen LogP contribution < -0.4 is 5.32 Å². The van der Waals surface area contributed by atoms with Crippen molar-refractivity contribution in [2.24, 2.45) is 52.8 Å². The Morgan fingerprint density at radius 1 is 0.918 bits per heavy atom. The number of alkyl halides is 1. The van der Waals surface area contributed by atoms with Crippen LogP contribution in [0.25, 0.3) is 0 Å². The van der Waals surface area contributed by atoms with Crippen LogP contribution in [0.2, 0.25) is 0 Å². The van der Waals surface area contributed by atoms with Crippen molar-refractivity contribution >= 4 is 27.8 Å². The summed E-state index contributed by atoms with van der Waals surface area (Å²) in [6.45, 7) is 16.5. The summed E-state index contributed by atoms with van der Waals surface area (Å²) in [5.41, 5.74) is 2.10. The molecular weight excluding hydrogens is 686 g/mol. The molecule has 0 bridgehead atoms. The Balaban J connectivity index is 1.07. The quantitative estimate of drug-likeness (QED) is 0.0523. The molecule has 0 aromatic rings. The summed E-state index contributed by atoms with van der Waals surface area (Å²) in [5, 5.41) is 3.02. The maximum absolute atomic E-state index is 12.7. The number of halogens is 1. The van der Waals surface area contributed by atoms with Crippen molar-refractivity contribution in [2.75, 3.05) is 64.7 Å². The van der Waals surface area contributed by atoms with Crippen molar-refractivity contribution in [2.45, 2.75) is 111 Å². The van der Waals surface area contributed by atoms with Gasteiger partial charge in [-0.1, -0.05) is 81.5 Å². The standard InChI is InChI=1S/C40H68BrNO7/c1-28(2)7-6-8-29(3)35-11-12-36-33-10-9-31-26-32(25-30(4)39(31)34(33)13-15-40(35,36)5)49-38(44)14-17-45-19-21-47-23-24-48-22-20-46-18-16-42-37(43)27-41/h9,28-30,32-36,39H,6-8,10-27H2,1-5H3,(H,42,43)/t29-,30-,32?,33-,34+,35-,36+,39?,40-/m1/s1. The highest BCUT2D eigenvalue weighted by Gasteiger charge is 2.57. The first-order valence-corrected chi connectivity index (χ1v) is 20.8. The Morgan fingerprint density at radius 2 is 1.59 bits per heavy atom. The number of esters is 1. The maximum Gasteiger partial charge on any atom is 0.308 e. The van der Waals surface area contributed by atoms with E-state index < -0.39 is 0 Å². The van der Waals surface area contributed by atoms with Gasteiger partial charge in [0.1, 0.15) is 6.10 Å². The van der Waals surface area contributed by atoms with Gasteiger partial charge in [0.15, 0.2) is 0 Å². The van der Waals surface area contributed by atoms with Gasteiger partial charge in [-0.15, -0.1) is 0 Å². The summed E-state index contributed by atoms with van der Waals surface area (Å²) in [4.78, 5) is 23.8. The summed E-state index contributed by atoms with van der Waals surface area (Å²) in [6.07, 6.45) is 15.8. The van der Waals surface area contributed by atoms with E-state index in [0.29, 0.717) is 82.0 Å². The summed E-state index contributed by atoms with van der Waals surface area (Å²) >= 11 is 3.10. The van der Waals surface area contributed by atoms with E-state index in [2.05, 4.69) is 61.9 Å². The highest BCUT2D eigenvalue weighted by atomic mass is 79.9. The second kappa shape index (κ2) is 20.9. The van der Waals surface area contributed by atoms with E-state index in [-0.39, 0.29) is 24.4 Å². The van der Waals surface area contributed by atoms with Crippen molar-refractivity contribution in [3.63, 3.8) is 0 Å². The fourth-order valence-corrected chi connectivity index (χ4v) is 10.5. The number of hydrogen-bond acceptors (Lipinski definition) is 7. The Bertz CT molecular complexity index is 1040. The fraction of sp³-hybridized carbons (Fsp3) is 0.900. The minimum absolute atomic E-state index is 0.00761. The summed E-state index contributed by atoms with van der Waals surface area (Å²) < 4.78 is 28.1. The lowest BCUT2D eigenvalue weighted by Crippen LogP contribution is -2.48. The zero-order valence-corrected chi connectivity index (χ0v) is 32.9. The van der Waals surface area contributed by atoms with Crippen molar-refractivity contribution in [1.82, 2.24) is 5.32 Å². The molecule has 0 radical (unpaired) electrons. The van der Waals surface area contributed by atoms with Gasteiger partial charge in [-0.25, -0.2) is 0 Å². The predicted molar refractivity (Wildman–Crippen MR) is 198 cm³/mol. The van der Waals surface area contributed by atoms with Gasteiger partial charge in [-0.3, -0.25) is 9.59 Å². The summed E-state index contributed by atoms with van der Waals surface area (Å²) in [6, 6.07) is 0. The molecule has 3 fully saturated rings. The molecule has 9 atom stereocenters. The summed E-state index contributed by atoms with van der Waals surface area (Å²) in [7, 11) is 0. The third kappa shape index (κ3) is 12.0. The average molecular weight is 755 g/mol. The van der Waals surface area contributed by atoms with Gasteiger partial charge in [0.2, 0.25) is 5.91 Å². The number of allylic oxidation sites excluding steroid dienone is 1. The first-order valence-electron chi connectivity index (χ1n) is 19.7. The highest BCUT2D eigenvalue weighted by Crippen LogP contribution is 2.65. The van der Waals surface area contributed by atoms with Crippen molar-refractivity contribution < 1.29 is 33.3 Å². The first kappa shape index (κ1) is 40.8. The lowest BCUT2D eigenvalue weighted by molar-refractivity contribution is -0.153. The molecule has 4 aliphatic carbocycles. The second-order valence-corrected chi connectivity index (χ2v) is 16.8. The van der Waals surface area contributed by atoms with Crippen LogP contribution in [0.1, 0.15) is 105 Å². The lowest BCUT2D eigenvalue weighted by Gasteiger charge is -2.55. The summed E-state index contributed by atoms with van der Waals surface area (Å²) in [5.74, 6) is 6.13. The largest absolute Gasteiger partial charge is 0.462 e. The van der Waals surface area contributed by atoms with Crippen molar-refractivity contribution in [1.29, 1.82) is 0 Å². The van der Waals surface area contributed by atoms with Gasteiger partial charge >= 0.3 is 5.97 Å². The molecule has 4 aliphatic rings. The Kier molecular flexibility index (Phi) is 17.4. The van der Waals surface area contributed by atoms with E-state index in [9.17, 15) is 9.59 Å². The Hall–Kier alpha value is -1.00. The Morgan fingerprint density at radius 3 is 2.27 bits per heavy atom. The van der Waals surface area contributed by atoms with Gasteiger partial charge in [0, 0.05) is 13.0 Å². The smallest absolute Gasteiger partial charge is 0.308 e. The molecule has 4 rings (SSSR count). The SMILES string of the molecule is CC(C)CCC[C@@H](C)[C@H]1CC[C@H]2[C@@H]3CC=C4CC(OC(=O)CCOCCOCCOCCOCCNC(=O)CBr)C[C@@H](C)C4[C@H]3CC[C@]12C. The molecule has 8 nitrogen and oxygen atoms in total. The number of rotatable bonds is 22. The monoisotopic (exact) mass is 753 g/mol. The fourth-order valence-electron chi connectivity index (χ4n) is 10.3. The van der Waals surface area contributed by atoms with Gasteiger partial charge in [0.05, 0.1) is 64.6 Å². The third-order valence-electron chi connectivity index (χ3n) is 12.5. The number of ether oxygens (including phenoxy) is 5. The zero-order valence-electron chi connectivity index (χ0n) is 31.4. The minimum Gasteiger partial charge on any atom is -0.462 e. The number of fused-ring (bicyclic) bond motifs is 5. The van der Waals surface area contributed by atoms with Gasteiger partial charge in [0.25, 0.3) is 0 Å². The van der Waals surface area contributed by atoms with Gasteiger partial charge in [-0.05, 0) is 91.3 Å².